The van der Waals surface area contributed by atoms with Crippen LogP contribution in [0.3, 0.4) is 0 Å². The normalized spacial score (nSPS) is 8.10. The van der Waals surface area contributed by atoms with E-state index in [0.717, 1.165) is 11.3 Å². The molecule has 0 saturated heterocycles. The van der Waals surface area contributed by atoms with Gasteiger partial charge in [-0.2, -0.15) is 0 Å². The van der Waals surface area contributed by atoms with Gasteiger partial charge in [-0.05, 0) is 11.6 Å². The summed E-state index contributed by atoms with van der Waals surface area (Å²) in [5, 5.41) is 0. The fourth-order valence-corrected chi connectivity index (χ4v) is 1.40. The highest BCUT2D eigenvalue weighted by atomic mass is 35.5. The molecule has 108 valence electrons. The number of hydrogen-bond acceptors (Lipinski definition) is 0. The van der Waals surface area contributed by atoms with Crippen LogP contribution in [0.4, 0.5) is 0 Å². The summed E-state index contributed by atoms with van der Waals surface area (Å²) in [6.07, 6.45) is 9.66. The zero-order valence-electron chi connectivity index (χ0n) is 11.8. The van der Waals surface area contributed by atoms with Crippen LogP contribution in [0.1, 0.15) is 11.3 Å². The first-order valence-electron chi connectivity index (χ1n) is 5.82. The van der Waals surface area contributed by atoms with Gasteiger partial charge in [0.2, 0.25) is 5.69 Å². The molecular formula is C16H20Cl2N2. The minimum Gasteiger partial charge on any atom is -1.00 e. The van der Waals surface area contributed by atoms with E-state index in [1.807, 2.05) is 84.3 Å². The van der Waals surface area contributed by atoms with Crippen molar-refractivity contribution in [2.75, 3.05) is 0 Å². The van der Waals surface area contributed by atoms with Crippen LogP contribution in [-0.4, -0.2) is 0 Å². The van der Waals surface area contributed by atoms with Gasteiger partial charge in [-0.3, -0.25) is 0 Å². The van der Waals surface area contributed by atoms with Gasteiger partial charge >= 0.3 is 0 Å². The monoisotopic (exact) mass is 310 g/mol. The molecule has 0 saturated carbocycles. The molecule has 0 radical (unpaired) electrons. The van der Waals surface area contributed by atoms with Crippen molar-refractivity contribution in [3.63, 3.8) is 0 Å². The molecule has 2 aromatic rings. The van der Waals surface area contributed by atoms with E-state index < -0.39 is 0 Å². The van der Waals surface area contributed by atoms with Crippen LogP contribution in [-0.2, 0) is 14.1 Å². The molecule has 2 nitrogen and oxygen atoms in total. The van der Waals surface area contributed by atoms with E-state index in [1.54, 1.807) is 0 Å². The highest BCUT2D eigenvalue weighted by molar-refractivity contribution is 5.44. The third-order valence-electron chi connectivity index (χ3n) is 2.54. The number of aryl methyl sites for hydroxylation is 2. The van der Waals surface area contributed by atoms with Crippen molar-refractivity contribution >= 4 is 12.2 Å². The van der Waals surface area contributed by atoms with Crippen LogP contribution < -0.4 is 33.9 Å². The molecule has 0 aliphatic heterocycles. The highest BCUT2D eigenvalue weighted by Crippen LogP contribution is 1.94. The van der Waals surface area contributed by atoms with Crippen LogP contribution >= 0.6 is 0 Å². The molecule has 0 atom stereocenters. The first-order chi connectivity index (χ1) is 8.67. The van der Waals surface area contributed by atoms with Crippen LogP contribution in [0.25, 0.3) is 12.2 Å². The highest BCUT2D eigenvalue weighted by Gasteiger charge is 1.94. The molecule has 0 bridgehead atoms. The van der Waals surface area contributed by atoms with Gasteiger partial charge in [0, 0.05) is 30.3 Å². The first kappa shape index (κ1) is 20.7. The van der Waals surface area contributed by atoms with E-state index in [0.29, 0.717) is 0 Å². The van der Waals surface area contributed by atoms with Gasteiger partial charge in [0.05, 0.1) is 0 Å². The third kappa shape index (κ3) is 7.07. The Hall–Kier alpha value is -1.64. The lowest BCUT2D eigenvalue weighted by Gasteiger charge is -1.88. The van der Waals surface area contributed by atoms with Crippen molar-refractivity contribution < 1.29 is 33.9 Å². The average molecular weight is 311 g/mol. The standard InChI is InChI=1S/2C8H10N.2ClH/c1-3-8-4-6-9(2)7-5-8;1-3-8-6-4-5-7-9(8)2;;/h2*3-7H,1H2,2H3;2*1H/q2*+1;;/p-2. The molecule has 2 rings (SSSR count). The molecule has 4 heteroatoms. The van der Waals surface area contributed by atoms with Crippen molar-refractivity contribution in [2.45, 2.75) is 0 Å². The lowest BCUT2D eigenvalue weighted by atomic mass is 10.3. The summed E-state index contributed by atoms with van der Waals surface area (Å²) in [6.45, 7) is 7.32. The number of aromatic nitrogens is 2. The molecule has 0 amide bonds. The Kier molecular flexibility index (Phi) is 11.6. The molecule has 0 N–H and O–H groups in total. The van der Waals surface area contributed by atoms with Gasteiger partial charge in [-0.25, -0.2) is 9.13 Å². The van der Waals surface area contributed by atoms with Crippen molar-refractivity contribution in [1.82, 2.24) is 0 Å². The van der Waals surface area contributed by atoms with Gasteiger partial charge in [-0.15, -0.1) is 0 Å². The first-order valence-corrected chi connectivity index (χ1v) is 5.82. The summed E-state index contributed by atoms with van der Waals surface area (Å²) in [7, 11) is 3.99. The zero-order chi connectivity index (χ0) is 13.4. The number of pyridine rings is 2. The second kappa shape index (κ2) is 11.2. The summed E-state index contributed by atoms with van der Waals surface area (Å²) < 4.78 is 4.01. The molecule has 0 fully saturated rings. The van der Waals surface area contributed by atoms with Crippen LogP contribution in [0.2, 0.25) is 0 Å². The maximum absolute atomic E-state index is 3.67. The Morgan fingerprint density at radius 3 is 1.85 bits per heavy atom. The van der Waals surface area contributed by atoms with Gasteiger partial charge in [0.25, 0.3) is 0 Å². The van der Waals surface area contributed by atoms with Gasteiger partial charge < -0.3 is 24.8 Å². The van der Waals surface area contributed by atoms with Crippen molar-refractivity contribution in [2.24, 2.45) is 14.1 Å². The van der Waals surface area contributed by atoms with Crippen molar-refractivity contribution in [3.8, 4) is 0 Å². The summed E-state index contributed by atoms with van der Waals surface area (Å²) in [6, 6.07) is 10.1. The summed E-state index contributed by atoms with van der Waals surface area (Å²) in [5.74, 6) is 0. The quantitative estimate of drug-likeness (QED) is 0.505. The van der Waals surface area contributed by atoms with Crippen LogP contribution in [0.5, 0.6) is 0 Å². The third-order valence-corrected chi connectivity index (χ3v) is 2.54. The molecule has 0 spiro atoms. The summed E-state index contributed by atoms with van der Waals surface area (Å²) in [5.41, 5.74) is 2.30. The lowest BCUT2D eigenvalue weighted by Crippen LogP contribution is -3.00. The second-order valence-corrected chi connectivity index (χ2v) is 3.94. The molecule has 0 aliphatic carbocycles. The van der Waals surface area contributed by atoms with Gasteiger partial charge in [-0.1, -0.05) is 19.2 Å². The molecular weight excluding hydrogens is 291 g/mol. The van der Waals surface area contributed by atoms with Crippen molar-refractivity contribution in [1.29, 1.82) is 0 Å². The van der Waals surface area contributed by atoms with Crippen LogP contribution in [0, 0.1) is 0 Å². The number of hydrogen-bond donors (Lipinski definition) is 0. The van der Waals surface area contributed by atoms with E-state index >= 15 is 0 Å². The minimum atomic E-state index is 0. The second-order valence-electron chi connectivity index (χ2n) is 3.94. The van der Waals surface area contributed by atoms with E-state index in [9.17, 15) is 0 Å². The topological polar surface area (TPSA) is 7.76 Å². The molecule has 20 heavy (non-hydrogen) atoms. The largest absolute Gasteiger partial charge is 1.00 e. The zero-order valence-corrected chi connectivity index (χ0v) is 13.3. The van der Waals surface area contributed by atoms with E-state index in [1.165, 1.54) is 0 Å². The average Bonchev–Trinajstić information content (AvgIpc) is 2.41. The SMILES string of the molecule is C=Cc1cc[n+](C)cc1.C=Cc1cccc[n+]1C.[Cl-].[Cl-]. The fourth-order valence-electron chi connectivity index (χ4n) is 1.40. The fraction of sp³-hybridized carbons (Fsp3) is 0.125. The molecule has 0 unspecified atom stereocenters. The molecule has 2 heterocycles. The van der Waals surface area contributed by atoms with E-state index in [-0.39, 0.29) is 24.8 Å². The van der Waals surface area contributed by atoms with E-state index in [4.69, 9.17) is 0 Å². The Balaban J connectivity index is 0. The molecule has 0 aromatic carbocycles. The summed E-state index contributed by atoms with van der Waals surface area (Å²) >= 11 is 0. The Labute approximate surface area is 133 Å². The predicted octanol–water partition coefficient (Wildman–Crippen LogP) is -3.68. The van der Waals surface area contributed by atoms with Crippen molar-refractivity contribution in [3.05, 3.63) is 73.3 Å². The smallest absolute Gasteiger partial charge is 0.204 e. The van der Waals surface area contributed by atoms with Gasteiger partial charge in [0.1, 0.15) is 14.1 Å². The number of halogens is 2. The van der Waals surface area contributed by atoms with Crippen LogP contribution in [0.15, 0.2) is 62.1 Å². The lowest BCUT2D eigenvalue weighted by molar-refractivity contribution is -0.673. The predicted molar refractivity (Wildman–Crippen MR) is 75.4 cm³/mol. The number of rotatable bonds is 2. The maximum Gasteiger partial charge on any atom is 0.204 e. The Morgan fingerprint density at radius 1 is 0.850 bits per heavy atom. The molecule has 2 aromatic heterocycles. The Morgan fingerprint density at radius 2 is 1.45 bits per heavy atom. The summed E-state index contributed by atoms with van der Waals surface area (Å²) in [4.78, 5) is 0. The molecule has 0 aliphatic rings. The van der Waals surface area contributed by atoms with Gasteiger partial charge in [0.15, 0.2) is 18.6 Å². The minimum absolute atomic E-state index is 0. The number of nitrogens with zero attached hydrogens (tertiary/aromatic N) is 2. The van der Waals surface area contributed by atoms with E-state index in [2.05, 4.69) is 13.2 Å². The maximum atomic E-state index is 3.67. The Bertz CT molecular complexity index is 522.